The van der Waals surface area contributed by atoms with Crippen molar-refractivity contribution in [1.29, 1.82) is 0 Å². The largest absolute Gasteiger partial charge is 0.337 e. The second-order valence-electron chi connectivity index (χ2n) is 5.21. The maximum absolute atomic E-state index is 11.9. The molecule has 0 spiro atoms. The molecule has 1 aliphatic rings. The van der Waals surface area contributed by atoms with E-state index in [9.17, 15) is 9.59 Å². The molecule has 1 aromatic carbocycles. The lowest BCUT2D eigenvalue weighted by Gasteiger charge is -2.17. The van der Waals surface area contributed by atoms with E-state index in [2.05, 4.69) is 32.0 Å². The first-order chi connectivity index (χ1) is 8.94. The normalized spacial score (nSPS) is 19.0. The highest BCUT2D eigenvalue weighted by Crippen LogP contribution is 2.25. The molecule has 0 radical (unpaired) electrons. The van der Waals surface area contributed by atoms with Gasteiger partial charge in [0.15, 0.2) is 5.12 Å². The van der Waals surface area contributed by atoms with Crippen LogP contribution in [0.3, 0.4) is 0 Å². The van der Waals surface area contributed by atoms with Gasteiger partial charge in [-0.05, 0) is 19.4 Å². The Balaban J connectivity index is 2.03. The van der Waals surface area contributed by atoms with E-state index in [0.29, 0.717) is 19.5 Å². The van der Waals surface area contributed by atoms with E-state index >= 15 is 0 Å². The second-order valence-corrected chi connectivity index (χ2v) is 6.68. The number of aryl methyl sites for hydroxylation is 2. The summed E-state index contributed by atoms with van der Waals surface area (Å²) in [5, 5.41) is 0.210. The Morgan fingerprint density at radius 2 is 1.95 bits per heavy atom. The van der Waals surface area contributed by atoms with Gasteiger partial charge in [-0.25, -0.2) is 0 Å². The summed E-state index contributed by atoms with van der Waals surface area (Å²) in [6, 6.07) is 6.36. The molecule has 0 bridgehead atoms. The molecule has 1 saturated heterocycles. The minimum absolute atomic E-state index is 0.0889. The van der Waals surface area contributed by atoms with Crippen LogP contribution in [0.25, 0.3) is 0 Å². The fourth-order valence-electron chi connectivity index (χ4n) is 2.58. The number of carbonyl (C=O) groups excluding carboxylic acids is 2. The Morgan fingerprint density at radius 1 is 1.32 bits per heavy atom. The number of carbonyl (C=O) groups is 2. The summed E-state index contributed by atoms with van der Waals surface area (Å²) in [4.78, 5) is 24.9. The van der Waals surface area contributed by atoms with Crippen molar-refractivity contribution in [3.8, 4) is 0 Å². The quantitative estimate of drug-likeness (QED) is 0.852. The van der Waals surface area contributed by atoms with Crippen molar-refractivity contribution < 1.29 is 9.59 Å². The lowest BCUT2D eigenvalue weighted by atomic mass is 10.1. The molecular formula is C15H19NO2S. The standard InChI is InChI=1S/C15H19NO2S/c1-10-4-11(2)6-13(5-10)8-16-9-14(7-15(16)18)19-12(3)17/h4-6,14H,7-9H2,1-3H3. The van der Waals surface area contributed by atoms with Crippen molar-refractivity contribution in [2.45, 2.75) is 39.0 Å². The molecule has 102 valence electrons. The Morgan fingerprint density at radius 3 is 2.53 bits per heavy atom. The van der Waals surface area contributed by atoms with Gasteiger partial charge in [-0.3, -0.25) is 9.59 Å². The summed E-state index contributed by atoms with van der Waals surface area (Å²) in [6.45, 7) is 7.02. The van der Waals surface area contributed by atoms with Crippen molar-refractivity contribution in [2.75, 3.05) is 6.54 Å². The first-order valence-electron chi connectivity index (χ1n) is 6.46. The van der Waals surface area contributed by atoms with Crippen LogP contribution >= 0.6 is 11.8 Å². The van der Waals surface area contributed by atoms with Gasteiger partial charge >= 0.3 is 0 Å². The van der Waals surface area contributed by atoms with Crippen LogP contribution in [0.4, 0.5) is 0 Å². The first-order valence-corrected chi connectivity index (χ1v) is 7.34. The Bertz CT molecular complexity index is 493. The molecule has 1 atom stereocenters. The Labute approximate surface area is 118 Å². The highest BCUT2D eigenvalue weighted by Gasteiger charge is 2.30. The fourth-order valence-corrected chi connectivity index (χ4v) is 3.53. The molecule has 1 amide bonds. The van der Waals surface area contributed by atoms with E-state index in [1.165, 1.54) is 28.5 Å². The number of benzene rings is 1. The van der Waals surface area contributed by atoms with Crippen LogP contribution in [0.15, 0.2) is 18.2 Å². The molecular weight excluding hydrogens is 258 g/mol. The van der Waals surface area contributed by atoms with Crippen molar-refractivity contribution in [3.05, 3.63) is 34.9 Å². The number of hydrogen-bond acceptors (Lipinski definition) is 3. The van der Waals surface area contributed by atoms with Crippen LogP contribution in [0.1, 0.15) is 30.0 Å². The maximum Gasteiger partial charge on any atom is 0.224 e. The molecule has 1 fully saturated rings. The molecule has 4 heteroatoms. The van der Waals surface area contributed by atoms with Crippen LogP contribution in [0, 0.1) is 13.8 Å². The van der Waals surface area contributed by atoms with Crippen LogP contribution in [0.5, 0.6) is 0 Å². The van der Waals surface area contributed by atoms with Gasteiger partial charge in [0.25, 0.3) is 0 Å². The highest BCUT2D eigenvalue weighted by molar-refractivity contribution is 8.14. The van der Waals surface area contributed by atoms with E-state index in [0.717, 1.165) is 0 Å². The van der Waals surface area contributed by atoms with Crippen molar-refractivity contribution in [3.63, 3.8) is 0 Å². The predicted octanol–water partition coefficient (Wildman–Crippen LogP) is 2.68. The SMILES string of the molecule is CC(=O)SC1CC(=O)N(Cc2cc(C)cc(C)c2)C1. The van der Waals surface area contributed by atoms with Gasteiger partial charge in [0.05, 0.1) is 0 Å². The molecule has 1 aromatic rings. The smallest absolute Gasteiger partial charge is 0.224 e. The molecule has 0 aromatic heterocycles. The highest BCUT2D eigenvalue weighted by atomic mass is 32.2. The molecule has 3 nitrogen and oxygen atoms in total. The third-order valence-corrected chi connectivity index (χ3v) is 4.15. The van der Waals surface area contributed by atoms with E-state index < -0.39 is 0 Å². The number of amides is 1. The van der Waals surface area contributed by atoms with E-state index in [-0.39, 0.29) is 16.3 Å². The fraction of sp³-hybridized carbons (Fsp3) is 0.467. The van der Waals surface area contributed by atoms with Gasteiger partial charge in [-0.1, -0.05) is 41.1 Å². The summed E-state index contributed by atoms with van der Waals surface area (Å²) < 4.78 is 0. The number of nitrogens with zero attached hydrogens (tertiary/aromatic N) is 1. The monoisotopic (exact) mass is 277 g/mol. The summed E-state index contributed by atoms with van der Waals surface area (Å²) in [5.74, 6) is 0.151. The van der Waals surface area contributed by atoms with Gasteiger partial charge in [-0.2, -0.15) is 0 Å². The van der Waals surface area contributed by atoms with Crippen LogP contribution < -0.4 is 0 Å². The number of thioether (sulfide) groups is 1. The number of likely N-dealkylation sites (tertiary alicyclic amines) is 1. The molecule has 1 heterocycles. The van der Waals surface area contributed by atoms with Gasteiger partial charge in [0.2, 0.25) is 5.91 Å². The van der Waals surface area contributed by atoms with Crippen LogP contribution in [0.2, 0.25) is 0 Å². The minimum Gasteiger partial charge on any atom is -0.337 e. The first kappa shape index (κ1) is 14.1. The summed E-state index contributed by atoms with van der Waals surface area (Å²) in [7, 11) is 0. The molecule has 1 aliphatic heterocycles. The summed E-state index contributed by atoms with van der Waals surface area (Å²) in [5.41, 5.74) is 3.60. The third-order valence-electron chi connectivity index (χ3n) is 3.17. The van der Waals surface area contributed by atoms with Gasteiger partial charge in [0, 0.05) is 31.7 Å². The molecule has 0 saturated carbocycles. The Kier molecular flexibility index (Phi) is 4.30. The molecule has 19 heavy (non-hydrogen) atoms. The predicted molar refractivity (Wildman–Crippen MR) is 78.0 cm³/mol. The van der Waals surface area contributed by atoms with E-state index in [1.54, 1.807) is 6.92 Å². The zero-order valence-electron chi connectivity index (χ0n) is 11.6. The van der Waals surface area contributed by atoms with E-state index in [4.69, 9.17) is 0 Å². The molecule has 0 N–H and O–H groups in total. The topological polar surface area (TPSA) is 37.4 Å². The molecule has 0 aliphatic carbocycles. The Hall–Kier alpha value is -1.29. The molecule has 1 unspecified atom stereocenters. The van der Waals surface area contributed by atoms with Gasteiger partial charge in [-0.15, -0.1) is 0 Å². The van der Waals surface area contributed by atoms with Crippen molar-refractivity contribution in [2.24, 2.45) is 0 Å². The van der Waals surface area contributed by atoms with E-state index in [1.807, 2.05) is 4.90 Å². The van der Waals surface area contributed by atoms with Gasteiger partial charge in [0.1, 0.15) is 0 Å². The second kappa shape index (κ2) is 5.78. The summed E-state index contributed by atoms with van der Waals surface area (Å²) >= 11 is 1.29. The van der Waals surface area contributed by atoms with Gasteiger partial charge < -0.3 is 4.90 Å². The average molecular weight is 277 g/mol. The van der Waals surface area contributed by atoms with Crippen molar-refractivity contribution >= 4 is 22.8 Å². The lowest BCUT2D eigenvalue weighted by Crippen LogP contribution is -2.25. The maximum atomic E-state index is 11.9. The minimum atomic E-state index is 0.0889. The molecule has 2 rings (SSSR count). The summed E-state index contributed by atoms with van der Waals surface area (Å²) in [6.07, 6.45) is 0.481. The van der Waals surface area contributed by atoms with Crippen LogP contribution in [-0.2, 0) is 16.1 Å². The average Bonchev–Trinajstić information content (AvgIpc) is 2.56. The third kappa shape index (κ3) is 3.83. The van der Waals surface area contributed by atoms with Crippen LogP contribution in [-0.4, -0.2) is 27.7 Å². The lowest BCUT2D eigenvalue weighted by molar-refractivity contribution is -0.128. The van der Waals surface area contributed by atoms with Crippen molar-refractivity contribution in [1.82, 2.24) is 4.90 Å². The number of hydrogen-bond donors (Lipinski definition) is 0. The zero-order chi connectivity index (χ0) is 14.0. The zero-order valence-corrected chi connectivity index (χ0v) is 12.4. The number of rotatable bonds is 3.